The van der Waals surface area contributed by atoms with Crippen molar-refractivity contribution in [3.63, 3.8) is 0 Å². The van der Waals surface area contributed by atoms with Crippen molar-refractivity contribution >= 4 is 5.97 Å². The molecule has 30 heavy (non-hydrogen) atoms. The van der Waals surface area contributed by atoms with Crippen LogP contribution in [0.5, 0.6) is 0 Å². The van der Waals surface area contributed by atoms with Gasteiger partial charge in [-0.05, 0) is 107 Å². The molecular formula is C25H39F3O2. The number of ether oxygens (including phenoxy) is 1. The molecule has 0 aromatic carbocycles. The van der Waals surface area contributed by atoms with Crippen LogP contribution in [-0.2, 0) is 9.53 Å². The first-order valence-electron chi connectivity index (χ1n) is 12.3. The second-order valence-electron chi connectivity index (χ2n) is 10.1. The van der Waals surface area contributed by atoms with Gasteiger partial charge in [-0.1, -0.05) is 31.9 Å². The largest absolute Gasteiger partial charge is 0.490 e. The lowest BCUT2D eigenvalue weighted by atomic mass is 9.70. The molecule has 0 amide bonds. The van der Waals surface area contributed by atoms with E-state index in [1.54, 1.807) is 0 Å². The molecule has 5 heteroatoms. The number of rotatable bonds is 6. The van der Waals surface area contributed by atoms with Gasteiger partial charge in [-0.3, -0.25) is 0 Å². The maximum Gasteiger partial charge on any atom is 0.490 e. The van der Waals surface area contributed by atoms with Crippen LogP contribution in [0.3, 0.4) is 0 Å². The zero-order chi connectivity index (χ0) is 21.6. The van der Waals surface area contributed by atoms with E-state index in [4.69, 9.17) is 0 Å². The minimum atomic E-state index is -4.88. The summed E-state index contributed by atoms with van der Waals surface area (Å²) in [5, 5.41) is 0. The molecule has 0 heterocycles. The maximum atomic E-state index is 12.4. The second-order valence-corrected chi connectivity index (χ2v) is 10.1. The highest BCUT2D eigenvalue weighted by Crippen LogP contribution is 2.41. The molecule has 172 valence electrons. The Morgan fingerprint density at radius 3 is 1.73 bits per heavy atom. The predicted molar refractivity (Wildman–Crippen MR) is 113 cm³/mol. The lowest BCUT2D eigenvalue weighted by Gasteiger charge is -2.37. The molecule has 0 aromatic rings. The molecule has 3 aliphatic rings. The van der Waals surface area contributed by atoms with E-state index in [9.17, 15) is 18.0 Å². The highest BCUT2D eigenvalue weighted by atomic mass is 19.4. The van der Waals surface area contributed by atoms with E-state index in [-0.39, 0.29) is 0 Å². The Labute approximate surface area is 180 Å². The van der Waals surface area contributed by atoms with Crippen molar-refractivity contribution in [1.82, 2.24) is 0 Å². The Morgan fingerprint density at radius 2 is 1.27 bits per heavy atom. The molecule has 0 saturated heterocycles. The van der Waals surface area contributed by atoms with E-state index in [0.29, 0.717) is 30.6 Å². The number of hydrogen-bond acceptors (Lipinski definition) is 2. The van der Waals surface area contributed by atoms with Gasteiger partial charge in [0, 0.05) is 0 Å². The van der Waals surface area contributed by atoms with E-state index in [1.165, 1.54) is 64.2 Å². The molecule has 0 radical (unpaired) electrons. The first-order chi connectivity index (χ1) is 14.3. The minimum absolute atomic E-state index is 0.554. The summed E-state index contributed by atoms with van der Waals surface area (Å²) in [6, 6.07) is 0. The van der Waals surface area contributed by atoms with Gasteiger partial charge in [0.15, 0.2) is 0 Å². The number of hydrogen-bond donors (Lipinski definition) is 0. The molecule has 0 unspecified atom stereocenters. The van der Waals surface area contributed by atoms with Crippen LogP contribution in [0, 0.1) is 29.6 Å². The van der Waals surface area contributed by atoms with Gasteiger partial charge in [-0.15, -0.1) is 0 Å². The zero-order valence-electron chi connectivity index (χ0n) is 18.5. The van der Waals surface area contributed by atoms with Crippen LogP contribution in [0.4, 0.5) is 13.2 Å². The molecule has 3 fully saturated rings. The van der Waals surface area contributed by atoms with Gasteiger partial charge in [-0.2, -0.15) is 13.2 Å². The summed E-state index contributed by atoms with van der Waals surface area (Å²) in [5.74, 6) is 1.70. The fourth-order valence-electron chi connectivity index (χ4n) is 6.10. The van der Waals surface area contributed by atoms with Crippen LogP contribution in [0.15, 0.2) is 12.2 Å². The summed E-state index contributed by atoms with van der Waals surface area (Å²) in [7, 11) is 0. The molecular weight excluding hydrogens is 389 g/mol. The van der Waals surface area contributed by atoms with Gasteiger partial charge in [-0.25, -0.2) is 4.79 Å². The summed E-state index contributed by atoms with van der Waals surface area (Å²) in [5.41, 5.74) is 0. The SMILES string of the molecule is CCCC1CCC(C=CC2CCC(C3CCC(OC(=O)C(F)(F)F)CC3)CC2)CC1. The molecule has 0 atom stereocenters. The fraction of sp³-hybridized carbons (Fsp3) is 0.880. The van der Waals surface area contributed by atoms with Crippen LogP contribution in [0.25, 0.3) is 0 Å². The molecule has 0 bridgehead atoms. The monoisotopic (exact) mass is 428 g/mol. The highest BCUT2D eigenvalue weighted by molar-refractivity contribution is 5.75. The first-order valence-corrected chi connectivity index (χ1v) is 12.3. The van der Waals surface area contributed by atoms with Crippen LogP contribution in [-0.4, -0.2) is 18.2 Å². The Kier molecular flexibility index (Phi) is 8.71. The predicted octanol–water partition coefficient (Wildman–Crippen LogP) is 7.62. The summed E-state index contributed by atoms with van der Waals surface area (Å²) in [6.07, 6.45) is 15.7. The molecule has 0 aliphatic heterocycles. The first kappa shape index (κ1) is 23.7. The lowest BCUT2D eigenvalue weighted by molar-refractivity contribution is -0.206. The summed E-state index contributed by atoms with van der Waals surface area (Å²) in [4.78, 5) is 11.0. The number of allylic oxidation sites excluding steroid dienone is 2. The van der Waals surface area contributed by atoms with E-state index in [0.717, 1.165) is 24.7 Å². The van der Waals surface area contributed by atoms with Crippen molar-refractivity contribution in [1.29, 1.82) is 0 Å². The van der Waals surface area contributed by atoms with Gasteiger partial charge in [0.2, 0.25) is 0 Å². The van der Waals surface area contributed by atoms with Crippen molar-refractivity contribution in [2.45, 2.75) is 109 Å². The average Bonchev–Trinajstić information content (AvgIpc) is 2.74. The third-order valence-corrected chi connectivity index (χ3v) is 7.95. The van der Waals surface area contributed by atoms with E-state index >= 15 is 0 Å². The fourth-order valence-corrected chi connectivity index (χ4v) is 6.10. The average molecular weight is 429 g/mol. The second kappa shape index (κ2) is 11.0. The normalized spacial score (nSPS) is 36.0. The van der Waals surface area contributed by atoms with E-state index in [1.807, 2.05) is 0 Å². The number of carbonyl (C=O) groups excluding carboxylic acids is 1. The summed E-state index contributed by atoms with van der Waals surface area (Å²) in [6.45, 7) is 2.29. The Bertz CT molecular complexity index is 547. The Hall–Kier alpha value is -1.00. The van der Waals surface area contributed by atoms with Gasteiger partial charge >= 0.3 is 12.1 Å². The molecule has 3 saturated carbocycles. The molecule has 0 N–H and O–H groups in total. The van der Waals surface area contributed by atoms with Crippen LogP contribution < -0.4 is 0 Å². The molecule has 3 aliphatic carbocycles. The molecule has 0 aromatic heterocycles. The smallest absolute Gasteiger partial charge is 0.456 e. The van der Waals surface area contributed by atoms with Crippen LogP contribution in [0.1, 0.15) is 96.8 Å². The molecule has 0 spiro atoms. The highest BCUT2D eigenvalue weighted by Gasteiger charge is 2.43. The maximum absolute atomic E-state index is 12.4. The Balaban J connectivity index is 1.33. The third kappa shape index (κ3) is 7.02. The number of alkyl halides is 3. The molecule has 3 rings (SSSR count). The standard InChI is InChI=1S/C25H39F3O2/c1-2-3-18-4-6-19(7-5-18)8-9-20-10-12-21(13-11-20)22-14-16-23(17-15-22)30-24(29)25(26,27)28/h8-9,18-23H,2-7,10-17H2,1H3. The van der Waals surface area contributed by atoms with E-state index in [2.05, 4.69) is 23.8 Å². The minimum Gasteiger partial charge on any atom is -0.456 e. The molecule has 2 nitrogen and oxygen atoms in total. The van der Waals surface area contributed by atoms with Gasteiger partial charge < -0.3 is 4.74 Å². The van der Waals surface area contributed by atoms with Crippen molar-refractivity contribution in [2.75, 3.05) is 0 Å². The van der Waals surface area contributed by atoms with Gasteiger partial charge in [0.05, 0.1) is 0 Å². The Morgan fingerprint density at radius 1 is 0.800 bits per heavy atom. The van der Waals surface area contributed by atoms with Crippen molar-refractivity contribution in [3.8, 4) is 0 Å². The van der Waals surface area contributed by atoms with E-state index < -0.39 is 18.2 Å². The quantitative estimate of drug-likeness (QED) is 0.321. The zero-order valence-corrected chi connectivity index (χ0v) is 18.5. The van der Waals surface area contributed by atoms with Gasteiger partial charge in [0.25, 0.3) is 0 Å². The third-order valence-electron chi connectivity index (χ3n) is 7.95. The number of esters is 1. The lowest BCUT2D eigenvalue weighted by Crippen LogP contribution is -2.34. The number of carbonyl (C=O) groups is 1. The van der Waals surface area contributed by atoms with Crippen LogP contribution >= 0.6 is 0 Å². The van der Waals surface area contributed by atoms with Crippen molar-refractivity contribution < 1.29 is 22.7 Å². The van der Waals surface area contributed by atoms with Crippen LogP contribution in [0.2, 0.25) is 0 Å². The number of halogens is 3. The van der Waals surface area contributed by atoms with Gasteiger partial charge in [0.1, 0.15) is 6.10 Å². The van der Waals surface area contributed by atoms with Crippen molar-refractivity contribution in [3.05, 3.63) is 12.2 Å². The summed E-state index contributed by atoms with van der Waals surface area (Å²) >= 11 is 0. The topological polar surface area (TPSA) is 26.3 Å². The van der Waals surface area contributed by atoms with Crippen molar-refractivity contribution in [2.24, 2.45) is 29.6 Å². The summed E-state index contributed by atoms with van der Waals surface area (Å²) < 4.78 is 41.7.